The molecule has 0 unspecified atom stereocenters. The lowest BCUT2D eigenvalue weighted by atomic mass is 10.0. The lowest BCUT2D eigenvalue weighted by molar-refractivity contribution is -0.119. The molecule has 0 saturated heterocycles. The Kier molecular flexibility index (Phi) is 14.9. The molecule has 5 heteroatoms. The van der Waals surface area contributed by atoms with Gasteiger partial charge in [0.25, 0.3) is 0 Å². The fourth-order valence-corrected chi connectivity index (χ4v) is 2.73. The van der Waals surface area contributed by atoms with E-state index in [4.69, 9.17) is 5.73 Å². The maximum absolute atomic E-state index is 11.0. The van der Waals surface area contributed by atoms with Crippen molar-refractivity contribution in [3.63, 3.8) is 0 Å². The van der Waals surface area contributed by atoms with E-state index in [2.05, 4.69) is 4.98 Å². The van der Waals surface area contributed by atoms with E-state index in [1.165, 1.54) is 57.8 Å². The normalized spacial score (nSPS) is 10.7. The predicted molar refractivity (Wildman–Crippen MR) is 91.9 cm³/mol. The summed E-state index contributed by atoms with van der Waals surface area (Å²) in [6.07, 6.45) is 16.0. The number of hydrogen-bond acceptors (Lipinski definition) is 2. The molecule has 0 spiro atoms. The Hall–Kier alpha value is -0.843. The van der Waals surface area contributed by atoms with E-state index < -0.39 is 0 Å². The molecule has 0 aliphatic carbocycles. The number of amides is 2. The number of rotatable bonds is 15. The summed E-state index contributed by atoms with van der Waals surface area (Å²) in [6, 6.07) is 0. The lowest BCUT2D eigenvalue weighted by Crippen LogP contribution is -2.18. The van der Waals surface area contributed by atoms with E-state index in [-0.39, 0.29) is 11.8 Å². The highest BCUT2D eigenvalue weighted by molar-refractivity contribution is 6.14. The summed E-state index contributed by atoms with van der Waals surface area (Å²) in [7, 11) is 0.773. The highest BCUT2D eigenvalue weighted by Crippen LogP contribution is 2.12. The summed E-state index contributed by atoms with van der Waals surface area (Å²) in [4.78, 5) is 24.4. The van der Waals surface area contributed by atoms with Crippen LogP contribution >= 0.6 is 0 Å². The topological polar surface area (TPSA) is 72.2 Å². The van der Waals surface area contributed by atoms with Gasteiger partial charge in [-0.3, -0.25) is 9.59 Å². The second kappa shape index (κ2) is 15.5. The van der Waals surface area contributed by atoms with Crippen LogP contribution in [0.15, 0.2) is 0 Å². The lowest BCUT2D eigenvalue weighted by Gasteiger charge is -2.03. The Balaban J connectivity index is 3.02. The minimum absolute atomic E-state index is 0.174. The SMILES string of the molecule is NC(=O)CCCCCCCCCCCCCCC(=O)N[SiH3]. The Bertz CT molecular complexity index is 273. The molecule has 0 bridgehead atoms. The Morgan fingerprint density at radius 2 is 1.00 bits per heavy atom. The summed E-state index contributed by atoms with van der Waals surface area (Å²) >= 11 is 0. The van der Waals surface area contributed by atoms with Crippen LogP contribution in [0, 0.1) is 0 Å². The molecule has 3 N–H and O–H groups in total. The molecule has 0 rings (SSSR count). The van der Waals surface area contributed by atoms with Gasteiger partial charge in [-0.05, 0) is 12.8 Å². The number of nitrogens with one attached hydrogen (secondary N) is 1. The van der Waals surface area contributed by atoms with E-state index in [1.54, 1.807) is 0 Å². The minimum Gasteiger partial charge on any atom is -0.391 e. The van der Waals surface area contributed by atoms with Crippen molar-refractivity contribution < 1.29 is 9.59 Å². The quantitative estimate of drug-likeness (QED) is 0.360. The third-order valence-corrected chi connectivity index (χ3v) is 4.41. The molecule has 0 radical (unpaired) electrons. The van der Waals surface area contributed by atoms with Crippen molar-refractivity contribution in [3.8, 4) is 0 Å². The largest absolute Gasteiger partial charge is 0.391 e. The van der Waals surface area contributed by atoms with Gasteiger partial charge >= 0.3 is 0 Å². The second-order valence-corrected chi connectivity index (χ2v) is 6.38. The fraction of sp³-hybridized carbons (Fsp3) is 0.875. The van der Waals surface area contributed by atoms with Gasteiger partial charge in [-0.25, -0.2) is 0 Å². The van der Waals surface area contributed by atoms with Crippen LogP contribution in [0.2, 0.25) is 0 Å². The zero-order valence-electron chi connectivity index (χ0n) is 13.8. The van der Waals surface area contributed by atoms with Crippen LogP contribution < -0.4 is 10.7 Å². The molecule has 0 aromatic carbocycles. The van der Waals surface area contributed by atoms with Gasteiger partial charge in [0.2, 0.25) is 11.8 Å². The van der Waals surface area contributed by atoms with Crippen molar-refractivity contribution >= 4 is 22.2 Å². The number of carbonyl (C=O) groups excluding carboxylic acids is 2. The number of nitrogens with two attached hydrogens (primary N) is 1. The first-order valence-electron chi connectivity index (χ1n) is 8.65. The molecular weight excluding hydrogens is 280 g/mol. The Morgan fingerprint density at radius 1 is 0.667 bits per heavy atom. The van der Waals surface area contributed by atoms with Crippen LogP contribution in [0.3, 0.4) is 0 Å². The number of unbranched alkanes of at least 4 members (excludes halogenated alkanes) is 11. The molecule has 0 aliphatic rings. The van der Waals surface area contributed by atoms with Crippen molar-refractivity contribution in [2.45, 2.75) is 89.9 Å². The van der Waals surface area contributed by atoms with E-state index in [1.807, 2.05) is 0 Å². The van der Waals surface area contributed by atoms with Crippen LogP contribution in [0.4, 0.5) is 0 Å². The molecule has 2 amide bonds. The summed E-state index contributed by atoms with van der Waals surface area (Å²) < 4.78 is 0. The van der Waals surface area contributed by atoms with Crippen molar-refractivity contribution in [1.29, 1.82) is 0 Å². The molecule has 0 fully saturated rings. The molecule has 0 aliphatic heterocycles. The zero-order valence-corrected chi connectivity index (χ0v) is 15.8. The summed E-state index contributed by atoms with van der Waals surface area (Å²) in [5.74, 6) is 0.0460. The third-order valence-electron chi connectivity index (χ3n) is 3.86. The number of hydrogen-bond donors (Lipinski definition) is 2. The Morgan fingerprint density at radius 3 is 1.33 bits per heavy atom. The monoisotopic (exact) mass is 314 g/mol. The van der Waals surface area contributed by atoms with E-state index in [0.717, 1.165) is 29.7 Å². The van der Waals surface area contributed by atoms with E-state index in [9.17, 15) is 9.59 Å². The van der Waals surface area contributed by atoms with Gasteiger partial charge < -0.3 is 10.7 Å². The number of carbonyl (C=O) groups is 2. The maximum atomic E-state index is 11.0. The van der Waals surface area contributed by atoms with Crippen molar-refractivity contribution in [2.24, 2.45) is 5.73 Å². The third kappa shape index (κ3) is 17.1. The molecule has 21 heavy (non-hydrogen) atoms. The summed E-state index contributed by atoms with van der Waals surface area (Å²) in [5.41, 5.74) is 5.10. The smallest absolute Gasteiger partial charge is 0.217 e. The molecule has 0 saturated carbocycles. The highest BCUT2D eigenvalue weighted by Gasteiger charge is 1.98. The van der Waals surface area contributed by atoms with Gasteiger partial charge in [-0.1, -0.05) is 64.2 Å². The first kappa shape index (κ1) is 20.2. The molecule has 0 heterocycles. The predicted octanol–water partition coefficient (Wildman–Crippen LogP) is 2.33. The molecule has 0 aromatic heterocycles. The van der Waals surface area contributed by atoms with E-state index in [0.29, 0.717) is 12.8 Å². The molecule has 0 atom stereocenters. The first-order chi connectivity index (χ1) is 10.2. The molecule has 4 nitrogen and oxygen atoms in total. The van der Waals surface area contributed by atoms with Crippen LogP contribution in [0.1, 0.15) is 89.9 Å². The minimum atomic E-state index is -0.174. The number of primary amides is 1. The average Bonchev–Trinajstić information content (AvgIpc) is 2.46. The Labute approximate surface area is 133 Å². The average molecular weight is 315 g/mol. The maximum Gasteiger partial charge on any atom is 0.217 e. The van der Waals surface area contributed by atoms with E-state index >= 15 is 0 Å². The van der Waals surface area contributed by atoms with Crippen LogP contribution in [-0.2, 0) is 9.59 Å². The zero-order chi connectivity index (χ0) is 15.8. The highest BCUT2D eigenvalue weighted by atomic mass is 28.2. The van der Waals surface area contributed by atoms with Gasteiger partial charge in [-0.15, -0.1) is 0 Å². The van der Waals surface area contributed by atoms with Crippen LogP contribution in [0.25, 0.3) is 0 Å². The molecule has 0 aromatic rings. The fourth-order valence-electron chi connectivity index (χ4n) is 2.48. The van der Waals surface area contributed by atoms with Gasteiger partial charge in [0, 0.05) is 12.8 Å². The molecule has 124 valence electrons. The first-order valence-corrected chi connectivity index (χ1v) is 9.65. The standard InChI is InChI=1S/C16H34N2O2Si/c17-15(19)13-11-9-7-5-3-1-2-4-6-8-10-12-14-16(20)18-21/h1-14H2,21H3,(H2,17,19)(H,18,20). The van der Waals surface area contributed by atoms with Gasteiger partial charge in [0.15, 0.2) is 0 Å². The van der Waals surface area contributed by atoms with Crippen LogP contribution in [0.5, 0.6) is 0 Å². The summed E-state index contributed by atoms with van der Waals surface area (Å²) in [5, 5.41) is 0. The van der Waals surface area contributed by atoms with Gasteiger partial charge in [0.1, 0.15) is 10.4 Å². The van der Waals surface area contributed by atoms with Crippen molar-refractivity contribution in [3.05, 3.63) is 0 Å². The van der Waals surface area contributed by atoms with Gasteiger partial charge in [0.05, 0.1) is 0 Å². The van der Waals surface area contributed by atoms with Gasteiger partial charge in [-0.2, -0.15) is 0 Å². The second-order valence-electron chi connectivity index (χ2n) is 5.88. The molecular formula is C16H34N2O2Si. The van der Waals surface area contributed by atoms with Crippen molar-refractivity contribution in [2.75, 3.05) is 0 Å². The summed E-state index contributed by atoms with van der Waals surface area (Å²) in [6.45, 7) is 0. The van der Waals surface area contributed by atoms with Crippen LogP contribution in [-0.4, -0.2) is 22.2 Å². The van der Waals surface area contributed by atoms with Crippen molar-refractivity contribution in [1.82, 2.24) is 4.98 Å².